The molecule has 0 aromatic rings. The Morgan fingerprint density at radius 3 is 0.778 bits per heavy atom. The summed E-state index contributed by atoms with van der Waals surface area (Å²) < 4.78 is 16.9. The zero-order valence-corrected chi connectivity index (χ0v) is 52.8. The third kappa shape index (κ3) is 66.2. The summed E-state index contributed by atoms with van der Waals surface area (Å²) in [7, 11) is 0. The molecule has 0 aliphatic heterocycles. The van der Waals surface area contributed by atoms with E-state index in [0.717, 1.165) is 148 Å². The van der Waals surface area contributed by atoms with Gasteiger partial charge in [-0.1, -0.05) is 296 Å². The molecule has 0 rings (SSSR count). The first-order valence-corrected chi connectivity index (χ1v) is 33.7. The molecular formula is C75H124O6. The lowest BCUT2D eigenvalue weighted by Crippen LogP contribution is -2.30. The predicted octanol–water partition coefficient (Wildman–Crippen LogP) is 23.3. The van der Waals surface area contributed by atoms with Crippen molar-refractivity contribution < 1.29 is 28.6 Å². The Hall–Kier alpha value is -4.45. The van der Waals surface area contributed by atoms with E-state index in [1.165, 1.54) is 116 Å². The Balaban J connectivity index is 4.36. The predicted molar refractivity (Wildman–Crippen MR) is 353 cm³/mol. The second kappa shape index (κ2) is 68.1. The van der Waals surface area contributed by atoms with Crippen molar-refractivity contribution >= 4 is 17.9 Å². The number of carbonyl (C=O) groups excluding carboxylic acids is 3. The van der Waals surface area contributed by atoms with Crippen LogP contribution in [0.1, 0.15) is 303 Å². The number of rotatable bonds is 60. The fraction of sp³-hybridized carbons (Fsp3) is 0.667. The van der Waals surface area contributed by atoms with Gasteiger partial charge >= 0.3 is 17.9 Å². The molecule has 0 heterocycles. The van der Waals surface area contributed by atoms with E-state index in [9.17, 15) is 14.4 Å². The lowest BCUT2D eigenvalue weighted by atomic mass is 10.0. The van der Waals surface area contributed by atoms with E-state index in [4.69, 9.17) is 14.2 Å². The van der Waals surface area contributed by atoms with Crippen LogP contribution in [0.15, 0.2) is 134 Å². The maximum absolute atomic E-state index is 12.9. The van der Waals surface area contributed by atoms with E-state index < -0.39 is 6.10 Å². The summed E-state index contributed by atoms with van der Waals surface area (Å²) >= 11 is 0. The van der Waals surface area contributed by atoms with E-state index in [0.29, 0.717) is 19.3 Å². The molecule has 6 heteroatoms. The van der Waals surface area contributed by atoms with Gasteiger partial charge in [0, 0.05) is 19.3 Å². The Morgan fingerprint density at radius 1 is 0.259 bits per heavy atom. The molecule has 0 aromatic carbocycles. The van der Waals surface area contributed by atoms with Crippen LogP contribution in [0.5, 0.6) is 0 Å². The van der Waals surface area contributed by atoms with Gasteiger partial charge in [-0.3, -0.25) is 14.4 Å². The zero-order valence-electron chi connectivity index (χ0n) is 52.8. The summed E-state index contributed by atoms with van der Waals surface area (Å²) in [5, 5.41) is 0. The molecule has 0 spiro atoms. The quantitative estimate of drug-likeness (QED) is 0.0261. The van der Waals surface area contributed by atoms with Gasteiger partial charge < -0.3 is 14.2 Å². The van der Waals surface area contributed by atoms with Crippen LogP contribution in [0.4, 0.5) is 0 Å². The molecule has 0 saturated carbocycles. The minimum Gasteiger partial charge on any atom is -0.462 e. The molecule has 0 N–H and O–H groups in total. The Morgan fingerprint density at radius 2 is 0.481 bits per heavy atom. The van der Waals surface area contributed by atoms with Crippen LogP contribution >= 0.6 is 0 Å². The molecule has 0 aliphatic rings. The number of hydrogen-bond acceptors (Lipinski definition) is 6. The number of carbonyl (C=O) groups is 3. The second-order valence-corrected chi connectivity index (χ2v) is 22.0. The summed E-state index contributed by atoms with van der Waals surface area (Å²) in [5.41, 5.74) is 0. The highest BCUT2D eigenvalue weighted by molar-refractivity contribution is 5.71. The molecule has 460 valence electrons. The minimum atomic E-state index is -0.795. The molecule has 1 unspecified atom stereocenters. The van der Waals surface area contributed by atoms with E-state index in [1.54, 1.807) is 0 Å². The van der Waals surface area contributed by atoms with Crippen LogP contribution < -0.4 is 0 Å². The second-order valence-electron chi connectivity index (χ2n) is 22.0. The topological polar surface area (TPSA) is 78.9 Å². The molecule has 0 aliphatic carbocycles. The first kappa shape index (κ1) is 76.5. The monoisotopic (exact) mass is 1120 g/mol. The number of unbranched alkanes of at least 4 members (excludes halogenated alkanes) is 27. The highest BCUT2D eigenvalue weighted by Crippen LogP contribution is 2.16. The van der Waals surface area contributed by atoms with E-state index in [-0.39, 0.29) is 31.1 Å². The summed E-state index contributed by atoms with van der Waals surface area (Å²) in [6.45, 7) is 6.49. The van der Waals surface area contributed by atoms with Gasteiger partial charge in [0.05, 0.1) is 0 Å². The van der Waals surface area contributed by atoms with Crippen molar-refractivity contribution in [2.24, 2.45) is 0 Å². The van der Waals surface area contributed by atoms with Crippen molar-refractivity contribution in [3.8, 4) is 0 Å². The summed E-state index contributed by atoms with van der Waals surface area (Å²) in [4.78, 5) is 38.4. The van der Waals surface area contributed by atoms with E-state index >= 15 is 0 Å². The van der Waals surface area contributed by atoms with Crippen molar-refractivity contribution in [3.63, 3.8) is 0 Å². The molecule has 0 aromatic heterocycles. The van der Waals surface area contributed by atoms with Crippen LogP contribution in [-0.2, 0) is 28.6 Å². The zero-order chi connectivity index (χ0) is 58.5. The van der Waals surface area contributed by atoms with Crippen LogP contribution in [-0.4, -0.2) is 37.2 Å². The average molecular weight is 1120 g/mol. The number of hydrogen-bond donors (Lipinski definition) is 0. The van der Waals surface area contributed by atoms with E-state index in [1.807, 2.05) is 0 Å². The van der Waals surface area contributed by atoms with Crippen molar-refractivity contribution in [1.82, 2.24) is 0 Å². The minimum absolute atomic E-state index is 0.0888. The van der Waals surface area contributed by atoms with Crippen LogP contribution in [0.25, 0.3) is 0 Å². The molecule has 0 bridgehead atoms. The Bertz CT molecular complexity index is 1720. The van der Waals surface area contributed by atoms with Gasteiger partial charge in [-0.15, -0.1) is 0 Å². The SMILES string of the molecule is CC/C=C\C/C=C\C/C=C\C/C=C\C/C=C\C/C=C\C/C=C\C/C=C\CCCCCCCCC(=O)OCC(COC(=O)CCCCCCCCCCCCCCC)OC(=O)CCCCCCCC/C=C\C/C=C\C/C=C\CCCCC. The molecule has 6 nitrogen and oxygen atoms in total. The molecule has 0 amide bonds. The van der Waals surface area contributed by atoms with Gasteiger partial charge in [-0.25, -0.2) is 0 Å². The van der Waals surface area contributed by atoms with Crippen molar-refractivity contribution in [2.75, 3.05) is 13.2 Å². The number of esters is 3. The highest BCUT2D eigenvalue weighted by Gasteiger charge is 2.19. The van der Waals surface area contributed by atoms with Crippen molar-refractivity contribution in [2.45, 2.75) is 309 Å². The molecule has 81 heavy (non-hydrogen) atoms. The third-order valence-electron chi connectivity index (χ3n) is 14.1. The maximum atomic E-state index is 12.9. The van der Waals surface area contributed by atoms with Gasteiger partial charge in [-0.2, -0.15) is 0 Å². The van der Waals surface area contributed by atoms with E-state index in [2.05, 4.69) is 154 Å². The van der Waals surface area contributed by atoms with Gasteiger partial charge in [0.2, 0.25) is 0 Å². The average Bonchev–Trinajstić information content (AvgIpc) is 3.46. The van der Waals surface area contributed by atoms with Crippen LogP contribution in [0.2, 0.25) is 0 Å². The molecule has 0 saturated heterocycles. The van der Waals surface area contributed by atoms with Gasteiger partial charge in [0.15, 0.2) is 6.10 Å². The maximum Gasteiger partial charge on any atom is 0.306 e. The fourth-order valence-electron chi connectivity index (χ4n) is 9.11. The first-order valence-electron chi connectivity index (χ1n) is 33.7. The summed E-state index contributed by atoms with van der Waals surface area (Å²) in [5.74, 6) is -0.911. The van der Waals surface area contributed by atoms with Gasteiger partial charge in [0.25, 0.3) is 0 Å². The Labute approximate surface area is 500 Å². The largest absolute Gasteiger partial charge is 0.462 e. The normalized spacial score (nSPS) is 13.0. The van der Waals surface area contributed by atoms with Crippen LogP contribution in [0, 0.1) is 0 Å². The molecular weight excluding hydrogens is 997 g/mol. The van der Waals surface area contributed by atoms with Crippen molar-refractivity contribution in [3.05, 3.63) is 134 Å². The van der Waals surface area contributed by atoms with Crippen molar-refractivity contribution in [1.29, 1.82) is 0 Å². The number of allylic oxidation sites excluding steroid dienone is 22. The Kier molecular flexibility index (Phi) is 64.3. The van der Waals surface area contributed by atoms with Crippen LogP contribution in [0.3, 0.4) is 0 Å². The molecule has 0 fully saturated rings. The first-order chi connectivity index (χ1) is 40.0. The standard InChI is InChI=1S/C75H124O6/c1-4-7-10-13-16-19-22-25-27-29-31-32-33-34-35-36-37-38-39-40-41-42-44-45-47-50-53-56-59-62-65-68-74(77)80-71-72(70-79-73(76)67-64-61-58-55-52-49-24-21-18-15-12-9-6-3)81-75(78)69-66-63-60-57-54-51-48-46-43-30-28-26-23-20-17-14-11-8-5-2/h7,10,16-17,19-20,25-28,31-32,34-35,37-38,40-41,43-46,72H,4-6,8-9,11-15,18,21-24,29-30,33,36,39,42,47-71H2,1-3H3/b10-7-,19-16-,20-17-,27-25-,28-26-,32-31-,35-34-,38-37-,41-40-,45-44-,46-43-. The number of ether oxygens (including phenoxy) is 3. The lowest BCUT2D eigenvalue weighted by molar-refractivity contribution is -0.167. The smallest absolute Gasteiger partial charge is 0.306 e. The van der Waals surface area contributed by atoms with Gasteiger partial charge in [-0.05, 0) is 122 Å². The summed E-state index contributed by atoms with van der Waals surface area (Å²) in [6.07, 6.45) is 96.0. The summed E-state index contributed by atoms with van der Waals surface area (Å²) in [6, 6.07) is 0. The fourth-order valence-corrected chi connectivity index (χ4v) is 9.11. The molecule has 1 atom stereocenters. The van der Waals surface area contributed by atoms with Gasteiger partial charge in [0.1, 0.15) is 13.2 Å². The highest BCUT2D eigenvalue weighted by atomic mass is 16.6. The lowest BCUT2D eigenvalue weighted by Gasteiger charge is -2.18. The molecule has 0 radical (unpaired) electrons. The third-order valence-corrected chi connectivity index (χ3v) is 14.1.